The number of aryl methyl sites for hydroxylation is 1. The minimum Gasteiger partial charge on any atom is -0.333 e. The van der Waals surface area contributed by atoms with E-state index in [0.717, 1.165) is 16.8 Å². The number of hydrogen-bond acceptors (Lipinski definition) is 6. The van der Waals surface area contributed by atoms with E-state index >= 15 is 0 Å². The van der Waals surface area contributed by atoms with Gasteiger partial charge in [0.15, 0.2) is 0 Å². The zero-order valence-corrected chi connectivity index (χ0v) is 18.3. The minimum atomic E-state index is -3.68. The summed E-state index contributed by atoms with van der Waals surface area (Å²) >= 11 is 7.35. The van der Waals surface area contributed by atoms with Gasteiger partial charge < -0.3 is 4.52 Å². The molecule has 0 amide bonds. The van der Waals surface area contributed by atoms with Crippen LogP contribution in [0.1, 0.15) is 10.4 Å². The first-order valence-corrected chi connectivity index (χ1v) is 11.9. The molecule has 0 saturated heterocycles. The third-order valence-corrected chi connectivity index (χ3v) is 8.35. The second kappa shape index (κ2) is 7.23. The van der Waals surface area contributed by atoms with Crippen molar-refractivity contribution in [2.45, 2.75) is 18.2 Å². The van der Waals surface area contributed by atoms with Crippen LogP contribution in [0.15, 0.2) is 64.0 Å². The standard InChI is InChI=1S/C21H16ClN3O3S2/c1-13-19(30(26,27)25-10-9-14-5-2-3-8-17(14)25)12-18(29-13)21-23-20(24-28-21)15-6-4-7-16(22)11-15/h2-8,11-12H,9-10H2,1H3. The molecule has 152 valence electrons. The molecule has 1 aliphatic heterocycles. The average molecular weight is 458 g/mol. The molecule has 0 fully saturated rings. The Morgan fingerprint density at radius 3 is 2.80 bits per heavy atom. The number of hydrogen-bond donors (Lipinski definition) is 0. The highest BCUT2D eigenvalue weighted by Crippen LogP contribution is 2.38. The zero-order valence-electron chi connectivity index (χ0n) is 15.9. The van der Waals surface area contributed by atoms with Gasteiger partial charge in [0.2, 0.25) is 5.82 Å². The molecule has 0 radical (unpaired) electrons. The number of benzene rings is 2. The zero-order chi connectivity index (χ0) is 20.9. The van der Waals surface area contributed by atoms with Crippen LogP contribution in [-0.2, 0) is 16.4 Å². The third kappa shape index (κ3) is 3.21. The summed E-state index contributed by atoms with van der Waals surface area (Å²) in [6.45, 7) is 2.23. The highest BCUT2D eigenvalue weighted by atomic mass is 35.5. The quantitative estimate of drug-likeness (QED) is 0.422. The highest BCUT2D eigenvalue weighted by Gasteiger charge is 2.33. The summed E-state index contributed by atoms with van der Waals surface area (Å²) < 4.78 is 33.6. The summed E-state index contributed by atoms with van der Waals surface area (Å²) in [5, 5.41) is 4.59. The first-order valence-electron chi connectivity index (χ1n) is 9.24. The van der Waals surface area contributed by atoms with Gasteiger partial charge in [-0.25, -0.2) is 8.42 Å². The number of para-hydroxylation sites is 1. The van der Waals surface area contributed by atoms with Gasteiger partial charge >= 0.3 is 0 Å². The third-order valence-electron chi connectivity index (χ3n) is 5.00. The number of rotatable bonds is 4. The summed E-state index contributed by atoms with van der Waals surface area (Å²) in [6, 6.07) is 16.4. The van der Waals surface area contributed by atoms with Gasteiger partial charge in [-0.1, -0.05) is 47.1 Å². The molecule has 9 heteroatoms. The molecule has 0 bridgehead atoms. The fourth-order valence-electron chi connectivity index (χ4n) is 3.57. The predicted octanol–water partition coefficient (Wildman–Crippen LogP) is 5.18. The maximum Gasteiger partial charge on any atom is 0.268 e. The molecule has 0 N–H and O–H groups in total. The molecule has 2 aromatic carbocycles. The number of nitrogens with zero attached hydrogens (tertiary/aromatic N) is 3. The number of fused-ring (bicyclic) bond motifs is 1. The van der Waals surface area contributed by atoms with E-state index in [0.29, 0.717) is 33.6 Å². The van der Waals surface area contributed by atoms with E-state index in [4.69, 9.17) is 16.1 Å². The van der Waals surface area contributed by atoms with Gasteiger partial charge in [0.1, 0.15) is 4.90 Å². The van der Waals surface area contributed by atoms with Crippen LogP contribution in [0.4, 0.5) is 5.69 Å². The molecule has 2 aromatic heterocycles. The van der Waals surface area contributed by atoms with E-state index in [1.807, 2.05) is 36.4 Å². The van der Waals surface area contributed by atoms with Gasteiger partial charge in [-0.05, 0) is 43.2 Å². The fourth-order valence-corrected chi connectivity index (χ4v) is 6.75. The molecule has 0 saturated carbocycles. The van der Waals surface area contributed by atoms with E-state index in [1.54, 1.807) is 25.1 Å². The Morgan fingerprint density at radius 1 is 1.13 bits per heavy atom. The monoisotopic (exact) mass is 457 g/mol. The lowest BCUT2D eigenvalue weighted by atomic mass is 10.2. The van der Waals surface area contributed by atoms with Crippen molar-refractivity contribution in [3.63, 3.8) is 0 Å². The van der Waals surface area contributed by atoms with Gasteiger partial charge in [-0.2, -0.15) is 4.98 Å². The topological polar surface area (TPSA) is 76.3 Å². The molecular formula is C21H16ClN3O3S2. The lowest BCUT2D eigenvalue weighted by Crippen LogP contribution is -2.29. The Kier molecular flexibility index (Phi) is 4.65. The molecule has 6 nitrogen and oxygen atoms in total. The summed E-state index contributed by atoms with van der Waals surface area (Å²) in [5.41, 5.74) is 2.51. The Balaban J connectivity index is 1.50. The fraction of sp³-hybridized carbons (Fsp3) is 0.143. The van der Waals surface area contributed by atoms with Crippen LogP contribution in [0.5, 0.6) is 0 Å². The first-order chi connectivity index (χ1) is 14.4. The van der Waals surface area contributed by atoms with Crippen molar-refractivity contribution in [2.24, 2.45) is 0 Å². The molecule has 0 aliphatic carbocycles. The van der Waals surface area contributed by atoms with Gasteiger partial charge in [0.05, 0.1) is 10.6 Å². The Hall–Kier alpha value is -2.68. The number of halogens is 1. The van der Waals surface area contributed by atoms with Crippen molar-refractivity contribution < 1.29 is 12.9 Å². The maximum absolute atomic E-state index is 13.4. The highest BCUT2D eigenvalue weighted by molar-refractivity contribution is 7.93. The Morgan fingerprint density at radius 2 is 1.97 bits per heavy atom. The van der Waals surface area contributed by atoms with E-state index in [1.165, 1.54) is 15.6 Å². The van der Waals surface area contributed by atoms with E-state index in [2.05, 4.69) is 10.1 Å². The van der Waals surface area contributed by atoms with Crippen LogP contribution in [0.2, 0.25) is 5.02 Å². The number of sulfonamides is 1. The molecule has 4 aromatic rings. The lowest BCUT2D eigenvalue weighted by molar-refractivity contribution is 0.433. The van der Waals surface area contributed by atoms with Crippen LogP contribution in [0.25, 0.3) is 22.2 Å². The summed E-state index contributed by atoms with van der Waals surface area (Å²) in [4.78, 5) is 5.98. The van der Waals surface area contributed by atoms with E-state index in [9.17, 15) is 8.42 Å². The normalized spacial score (nSPS) is 13.6. The Bertz CT molecular complexity index is 1360. The van der Waals surface area contributed by atoms with Crippen molar-refractivity contribution >= 4 is 38.6 Å². The number of aromatic nitrogens is 2. The molecule has 0 unspecified atom stereocenters. The lowest BCUT2D eigenvalue weighted by Gasteiger charge is -2.19. The average Bonchev–Trinajstić information content (AvgIpc) is 3.46. The van der Waals surface area contributed by atoms with Crippen LogP contribution in [0.3, 0.4) is 0 Å². The molecular weight excluding hydrogens is 442 g/mol. The van der Waals surface area contributed by atoms with Gasteiger partial charge in [0.25, 0.3) is 15.9 Å². The largest absolute Gasteiger partial charge is 0.333 e. The van der Waals surface area contributed by atoms with Crippen LogP contribution >= 0.6 is 22.9 Å². The van der Waals surface area contributed by atoms with Crippen LogP contribution in [-0.4, -0.2) is 25.1 Å². The van der Waals surface area contributed by atoms with Crippen molar-refractivity contribution in [3.8, 4) is 22.2 Å². The first kappa shape index (κ1) is 19.3. The van der Waals surface area contributed by atoms with Gasteiger partial charge in [-0.3, -0.25) is 4.31 Å². The van der Waals surface area contributed by atoms with Crippen molar-refractivity contribution in [3.05, 3.63) is 70.1 Å². The van der Waals surface area contributed by atoms with Crippen molar-refractivity contribution in [2.75, 3.05) is 10.8 Å². The summed E-state index contributed by atoms with van der Waals surface area (Å²) in [5.74, 6) is 0.678. The van der Waals surface area contributed by atoms with Crippen molar-refractivity contribution in [1.29, 1.82) is 0 Å². The molecule has 3 heterocycles. The number of thiophene rings is 1. The second-order valence-corrected chi connectivity index (χ2v) is 10.4. The minimum absolute atomic E-state index is 0.265. The maximum atomic E-state index is 13.4. The molecule has 0 atom stereocenters. The van der Waals surface area contributed by atoms with Crippen LogP contribution in [0, 0.1) is 6.92 Å². The molecule has 0 spiro atoms. The van der Waals surface area contributed by atoms with Crippen LogP contribution < -0.4 is 4.31 Å². The summed E-state index contributed by atoms with van der Waals surface area (Å²) in [7, 11) is -3.68. The van der Waals surface area contributed by atoms with Gasteiger partial charge in [-0.15, -0.1) is 11.3 Å². The smallest absolute Gasteiger partial charge is 0.268 e. The molecule has 1 aliphatic rings. The number of anilines is 1. The van der Waals surface area contributed by atoms with E-state index < -0.39 is 10.0 Å². The Labute approximate surface area is 182 Å². The molecule has 5 rings (SSSR count). The second-order valence-electron chi connectivity index (χ2n) is 6.92. The van der Waals surface area contributed by atoms with Crippen molar-refractivity contribution in [1.82, 2.24) is 10.1 Å². The van der Waals surface area contributed by atoms with E-state index in [-0.39, 0.29) is 10.8 Å². The molecule has 30 heavy (non-hydrogen) atoms. The SMILES string of the molecule is Cc1sc(-c2nc(-c3cccc(Cl)c3)no2)cc1S(=O)(=O)N1CCc2ccccc21. The summed E-state index contributed by atoms with van der Waals surface area (Å²) in [6.07, 6.45) is 0.706. The van der Waals surface area contributed by atoms with Gasteiger partial charge in [0, 0.05) is 22.0 Å². The predicted molar refractivity (Wildman–Crippen MR) is 117 cm³/mol.